The van der Waals surface area contributed by atoms with Gasteiger partial charge in [-0.2, -0.15) is 5.06 Å². The monoisotopic (exact) mass is 861 g/mol. The summed E-state index contributed by atoms with van der Waals surface area (Å²) >= 11 is 0. The average Bonchev–Trinajstić information content (AvgIpc) is 3.68. The molecule has 2 aliphatic rings. The number of rotatable bonds is 18. The van der Waals surface area contributed by atoms with Gasteiger partial charge in [0, 0.05) is 30.2 Å². The van der Waals surface area contributed by atoms with E-state index >= 15 is 0 Å². The van der Waals surface area contributed by atoms with Crippen LogP contribution in [0.4, 0.5) is 9.59 Å². The highest BCUT2D eigenvalue weighted by Crippen LogP contribution is 2.36. The number of nitrogens with zero attached hydrogens (tertiary/aromatic N) is 2. The van der Waals surface area contributed by atoms with Crippen LogP contribution in [0.3, 0.4) is 0 Å². The molecule has 2 aromatic carbocycles. The van der Waals surface area contributed by atoms with Crippen molar-refractivity contribution in [2.45, 2.75) is 161 Å². The third-order valence-corrected chi connectivity index (χ3v) is 11.2. The molecule has 2 heterocycles. The SMILES string of the molecule is CC(C)CC(/C=C/C(Cc1ccccc1)C(=O)N1CCC[C@@H]1C(=O)NC(CCCNC(=O)OCc1ccccc1)C(=O)NC1CC(C)(C)N(O)C(C)(C)C1)NC(=O)OC(C)(C)C. The summed E-state index contributed by atoms with van der Waals surface area (Å²) in [4.78, 5) is 69.9. The molecular formula is C48H72N6O8. The van der Waals surface area contributed by atoms with Gasteiger partial charge in [0.2, 0.25) is 17.7 Å². The Morgan fingerprint density at radius 1 is 0.871 bits per heavy atom. The predicted octanol–water partition coefficient (Wildman–Crippen LogP) is 7.05. The van der Waals surface area contributed by atoms with Crippen LogP contribution < -0.4 is 21.3 Å². The highest BCUT2D eigenvalue weighted by molar-refractivity contribution is 5.93. The Kier molecular flexibility index (Phi) is 18.0. The molecule has 0 aromatic heterocycles. The predicted molar refractivity (Wildman–Crippen MR) is 239 cm³/mol. The van der Waals surface area contributed by atoms with Crippen LogP contribution in [0.15, 0.2) is 72.8 Å². The summed E-state index contributed by atoms with van der Waals surface area (Å²) in [6, 6.07) is 16.6. The number of nitrogens with one attached hydrogen (secondary N) is 4. The molecule has 2 aromatic rings. The molecular weight excluding hydrogens is 789 g/mol. The van der Waals surface area contributed by atoms with Gasteiger partial charge < -0.3 is 40.8 Å². The second-order valence-electron chi connectivity index (χ2n) is 19.5. The van der Waals surface area contributed by atoms with E-state index in [2.05, 4.69) is 35.1 Å². The molecule has 5 N–H and O–H groups in total. The molecule has 0 spiro atoms. The lowest BCUT2D eigenvalue weighted by Crippen LogP contribution is -2.64. The zero-order valence-corrected chi connectivity index (χ0v) is 38.4. The quantitative estimate of drug-likeness (QED) is 0.0776. The van der Waals surface area contributed by atoms with Crippen molar-refractivity contribution in [2.75, 3.05) is 13.1 Å². The van der Waals surface area contributed by atoms with Crippen LogP contribution in [0.2, 0.25) is 0 Å². The van der Waals surface area contributed by atoms with Gasteiger partial charge >= 0.3 is 12.2 Å². The minimum absolute atomic E-state index is 0.118. The van der Waals surface area contributed by atoms with Crippen LogP contribution >= 0.6 is 0 Å². The molecule has 2 saturated heterocycles. The van der Waals surface area contributed by atoms with Gasteiger partial charge in [-0.25, -0.2) is 9.59 Å². The number of piperidine rings is 1. The lowest BCUT2D eigenvalue weighted by molar-refractivity contribution is -0.246. The summed E-state index contributed by atoms with van der Waals surface area (Å²) in [5.41, 5.74) is -0.0971. The molecule has 4 atom stereocenters. The average molecular weight is 861 g/mol. The van der Waals surface area contributed by atoms with Crippen LogP contribution in [0, 0.1) is 11.8 Å². The molecule has 0 saturated carbocycles. The number of alkyl carbamates (subject to hydrolysis) is 2. The molecule has 2 aliphatic heterocycles. The standard InChI is InChI=1S/C48H72N6O8/c1-33(2)28-37(51-45(59)62-46(3,4)5)25-24-36(29-34-18-12-10-13-19-34)43(57)53-27-17-23-40(53)42(56)52-39(22-16-26-49-44(58)61-32-35-20-14-11-15-21-35)41(55)50-38-30-47(6,7)54(60)48(8,9)31-38/h10-15,18-21,24-25,33,36-40,60H,16-17,22-23,26-32H2,1-9H3,(H,49,58)(H,50,55)(H,51,59)(H,52,56)/b25-24+/t36?,37?,39?,40-/m1/s1. The Hall–Kier alpha value is -4.95. The van der Waals surface area contributed by atoms with Crippen molar-refractivity contribution in [3.05, 3.63) is 83.9 Å². The summed E-state index contributed by atoms with van der Waals surface area (Å²) in [5, 5.41) is 24.1. The molecule has 62 heavy (non-hydrogen) atoms. The number of hydrogen-bond donors (Lipinski definition) is 5. The Morgan fingerprint density at radius 3 is 2.08 bits per heavy atom. The van der Waals surface area contributed by atoms with Crippen LogP contribution in [-0.2, 0) is 36.9 Å². The first kappa shape index (κ1) is 49.7. The Labute approximate surface area is 368 Å². The third-order valence-electron chi connectivity index (χ3n) is 11.2. The van der Waals surface area contributed by atoms with Crippen molar-refractivity contribution in [2.24, 2.45) is 11.8 Å². The zero-order chi connectivity index (χ0) is 45.7. The van der Waals surface area contributed by atoms with E-state index in [-0.39, 0.29) is 43.3 Å². The fourth-order valence-corrected chi connectivity index (χ4v) is 8.52. The molecule has 0 bridgehead atoms. The van der Waals surface area contributed by atoms with Crippen LogP contribution in [0.25, 0.3) is 0 Å². The van der Waals surface area contributed by atoms with Gasteiger partial charge in [0.05, 0.1) is 12.0 Å². The second-order valence-corrected chi connectivity index (χ2v) is 19.5. The fourth-order valence-electron chi connectivity index (χ4n) is 8.52. The summed E-state index contributed by atoms with van der Waals surface area (Å²) in [5.74, 6) is -1.42. The maximum atomic E-state index is 14.6. The summed E-state index contributed by atoms with van der Waals surface area (Å²) in [6.45, 7) is 17.9. The van der Waals surface area contributed by atoms with Gasteiger partial charge in [-0.3, -0.25) is 14.4 Å². The third kappa shape index (κ3) is 15.7. The molecule has 0 aliphatic carbocycles. The molecule has 342 valence electrons. The highest BCUT2D eigenvalue weighted by atomic mass is 16.6. The molecule has 2 fully saturated rings. The van der Waals surface area contributed by atoms with Crippen molar-refractivity contribution >= 4 is 29.9 Å². The number of ether oxygens (including phenoxy) is 2. The minimum atomic E-state index is -0.962. The first-order valence-electron chi connectivity index (χ1n) is 22.2. The van der Waals surface area contributed by atoms with Gasteiger partial charge in [0.15, 0.2) is 0 Å². The summed E-state index contributed by atoms with van der Waals surface area (Å²) in [7, 11) is 0. The molecule has 4 rings (SSSR count). The van der Waals surface area contributed by atoms with Crippen molar-refractivity contribution in [3.8, 4) is 0 Å². The van der Waals surface area contributed by atoms with Gasteiger partial charge in [-0.05, 0) is 117 Å². The number of amides is 5. The van der Waals surface area contributed by atoms with Crippen molar-refractivity contribution < 1.29 is 38.7 Å². The first-order chi connectivity index (χ1) is 29.1. The van der Waals surface area contributed by atoms with E-state index < -0.39 is 58.8 Å². The summed E-state index contributed by atoms with van der Waals surface area (Å²) < 4.78 is 10.9. The van der Waals surface area contributed by atoms with Crippen LogP contribution in [0.5, 0.6) is 0 Å². The lowest BCUT2D eigenvalue weighted by Gasteiger charge is -2.51. The van der Waals surface area contributed by atoms with E-state index in [0.717, 1.165) is 11.1 Å². The first-order valence-corrected chi connectivity index (χ1v) is 22.2. The van der Waals surface area contributed by atoms with Gasteiger partial charge in [-0.1, -0.05) is 86.7 Å². The number of likely N-dealkylation sites (tertiary alicyclic amines) is 1. The number of hydrogen-bond acceptors (Lipinski definition) is 9. The molecule has 14 nitrogen and oxygen atoms in total. The van der Waals surface area contributed by atoms with Crippen molar-refractivity contribution in [1.29, 1.82) is 0 Å². The minimum Gasteiger partial charge on any atom is -0.445 e. The van der Waals surface area contributed by atoms with Crippen LogP contribution in [-0.4, -0.2) is 99.0 Å². The van der Waals surface area contributed by atoms with E-state index in [1.165, 1.54) is 5.06 Å². The van der Waals surface area contributed by atoms with Crippen molar-refractivity contribution in [1.82, 2.24) is 31.2 Å². The normalized spacial score (nSPS) is 19.3. The number of carbonyl (C=O) groups excluding carboxylic acids is 5. The summed E-state index contributed by atoms with van der Waals surface area (Å²) in [6.07, 6.45) is 6.15. The molecule has 0 radical (unpaired) electrons. The molecule has 14 heteroatoms. The number of carbonyl (C=O) groups is 5. The molecule has 5 amide bonds. The van der Waals surface area contributed by atoms with E-state index in [4.69, 9.17) is 9.47 Å². The molecule has 3 unspecified atom stereocenters. The van der Waals surface area contributed by atoms with Crippen molar-refractivity contribution in [3.63, 3.8) is 0 Å². The smallest absolute Gasteiger partial charge is 0.408 e. The van der Waals surface area contributed by atoms with E-state index in [9.17, 15) is 29.2 Å². The Morgan fingerprint density at radius 2 is 1.48 bits per heavy atom. The Bertz CT molecular complexity index is 1790. The maximum Gasteiger partial charge on any atom is 0.408 e. The van der Waals surface area contributed by atoms with Gasteiger partial charge in [0.25, 0.3) is 0 Å². The topological polar surface area (TPSA) is 179 Å². The van der Waals surface area contributed by atoms with E-state index in [0.29, 0.717) is 51.5 Å². The Balaban J connectivity index is 1.51. The number of benzene rings is 2. The lowest BCUT2D eigenvalue weighted by atomic mass is 9.79. The maximum absolute atomic E-state index is 14.6. The highest BCUT2D eigenvalue weighted by Gasteiger charge is 2.46. The van der Waals surface area contributed by atoms with E-state index in [1.54, 1.807) is 25.7 Å². The van der Waals surface area contributed by atoms with Crippen LogP contribution in [0.1, 0.15) is 118 Å². The van der Waals surface area contributed by atoms with E-state index in [1.807, 2.05) is 101 Å². The van der Waals surface area contributed by atoms with Gasteiger partial charge in [0.1, 0.15) is 24.3 Å². The zero-order valence-electron chi connectivity index (χ0n) is 38.4. The fraction of sp³-hybridized carbons (Fsp3) is 0.604. The van der Waals surface area contributed by atoms with Gasteiger partial charge in [-0.15, -0.1) is 0 Å². The second kappa shape index (κ2) is 22.4. The largest absolute Gasteiger partial charge is 0.445 e. The number of hydroxylamine groups is 2.